The molecule has 4 aromatic rings. The highest BCUT2D eigenvalue weighted by atomic mass is 16.3. The first-order valence-electron chi connectivity index (χ1n) is 20.0. The van der Waals surface area contributed by atoms with Crippen molar-refractivity contribution in [3.8, 4) is 17.0 Å². The predicted octanol–water partition coefficient (Wildman–Crippen LogP) is 5.40. The number of benzene rings is 3. The first kappa shape index (κ1) is 36.7. The number of phenolic OH excluding ortho intramolecular Hbond substituents is 1. The predicted molar refractivity (Wildman–Crippen MR) is 213 cm³/mol. The average Bonchev–Trinajstić information content (AvgIpc) is 3.24. The van der Waals surface area contributed by atoms with Gasteiger partial charge in [0.05, 0.1) is 28.9 Å². The van der Waals surface area contributed by atoms with Gasteiger partial charge in [-0.3, -0.25) is 19.7 Å². The van der Waals surface area contributed by atoms with Gasteiger partial charge in [0.25, 0.3) is 0 Å². The fourth-order valence-corrected chi connectivity index (χ4v) is 9.13. The molecule has 1 atom stereocenters. The lowest BCUT2D eigenvalue weighted by Crippen LogP contribution is -2.56. The highest BCUT2D eigenvalue weighted by Crippen LogP contribution is 2.40. The second-order valence-corrected chi connectivity index (χ2v) is 15.8. The lowest BCUT2D eigenvalue weighted by Gasteiger charge is -2.45. The van der Waals surface area contributed by atoms with Gasteiger partial charge in [0.2, 0.25) is 17.7 Å². The Morgan fingerprint density at radius 3 is 2.20 bits per heavy atom. The highest BCUT2D eigenvalue weighted by molar-refractivity contribution is 6.01. The summed E-state index contributed by atoms with van der Waals surface area (Å²) in [5.74, 6) is 0.422. The number of anilines is 2. The zero-order valence-electron chi connectivity index (χ0n) is 31.4. The molecule has 5 heterocycles. The molecule has 3 N–H and O–H groups in total. The number of likely N-dealkylation sites (tertiary alicyclic amines) is 1. The zero-order valence-corrected chi connectivity index (χ0v) is 31.4. The molecule has 0 radical (unpaired) electrons. The Morgan fingerprint density at radius 1 is 0.800 bits per heavy atom. The van der Waals surface area contributed by atoms with E-state index in [0.717, 1.165) is 88.3 Å². The van der Waals surface area contributed by atoms with Crippen molar-refractivity contribution in [1.82, 2.24) is 25.7 Å². The van der Waals surface area contributed by atoms with Crippen LogP contribution in [0.5, 0.6) is 5.75 Å². The summed E-state index contributed by atoms with van der Waals surface area (Å²) in [6, 6.07) is 28.2. The quantitative estimate of drug-likeness (QED) is 0.193. The van der Waals surface area contributed by atoms with Gasteiger partial charge in [-0.2, -0.15) is 10.2 Å². The first-order chi connectivity index (χ1) is 26.9. The molecule has 55 heavy (non-hydrogen) atoms. The number of carbonyl (C=O) groups is 3. The maximum absolute atomic E-state index is 14.6. The fourth-order valence-electron chi connectivity index (χ4n) is 9.13. The number of hydrogen-bond acceptors (Lipinski definition) is 9. The molecule has 0 unspecified atom stereocenters. The van der Waals surface area contributed by atoms with Gasteiger partial charge in [0.15, 0.2) is 0 Å². The summed E-state index contributed by atoms with van der Waals surface area (Å²) in [6.07, 6.45) is 8.33. The third-order valence-electron chi connectivity index (χ3n) is 12.5. The van der Waals surface area contributed by atoms with Crippen molar-refractivity contribution in [2.24, 2.45) is 5.92 Å². The molecule has 4 saturated heterocycles. The van der Waals surface area contributed by atoms with Gasteiger partial charge in [-0.05, 0) is 98.9 Å². The summed E-state index contributed by atoms with van der Waals surface area (Å²) in [6.45, 7) is 5.98. The topological polar surface area (TPSA) is 131 Å². The van der Waals surface area contributed by atoms with Crippen LogP contribution in [0, 0.1) is 5.92 Å². The number of piperidine rings is 4. The maximum Gasteiger partial charge on any atom is 0.234 e. The molecule has 3 amide bonds. The van der Waals surface area contributed by atoms with Crippen molar-refractivity contribution in [1.29, 1.82) is 0 Å². The Bertz CT molecular complexity index is 1970. The Morgan fingerprint density at radius 2 is 1.49 bits per heavy atom. The van der Waals surface area contributed by atoms with Crippen LogP contribution in [0.25, 0.3) is 11.3 Å². The second kappa shape index (κ2) is 16.2. The Balaban J connectivity index is 0.824. The molecule has 0 spiro atoms. The van der Waals surface area contributed by atoms with Gasteiger partial charge in [-0.25, -0.2) is 0 Å². The van der Waals surface area contributed by atoms with Gasteiger partial charge in [0, 0.05) is 63.0 Å². The summed E-state index contributed by atoms with van der Waals surface area (Å²) in [4.78, 5) is 45.3. The number of amides is 3. The molecule has 4 aliphatic rings. The Kier molecular flexibility index (Phi) is 10.8. The van der Waals surface area contributed by atoms with Crippen LogP contribution in [0.2, 0.25) is 0 Å². The Hall–Kier alpha value is -5.29. The van der Waals surface area contributed by atoms with Crippen LogP contribution in [-0.2, 0) is 19.8 Å². The van der Waals surface area contributed by atoms with Crippen LogP contribution >= 0.6 is 0 Å². The number of aromatic nitrogens is 2. The number of nitrogens with one attached hydrogen (secondary N) is 2. The number of imide groups is 1. The normalized spacial score (nSPS) is 21.0. The maximum atomic E-state index is 14.6. The molecule has 286 valence electrons. The van der Waals surface area contributed by atoms with E-state index < -0.39 is 5.41 Å². The van der Waals surface area contributed by atoms with Crippen molar-refractivity contribution in [3.05, 3.63) is 102 Å². The monoisotopic (exact) mass is 741 g/mol. The number of phenols is 1. The molecule has 0 aliphatic carbocycles. The summed E-state index contributed by atoms with van der Waals surface area (Å²) in [5, 5.41) is 25.3. The Labute approximate surface area is 323 Å². The minimum absolute atomic E-state index is 0.176. The molecule has 3 aromatic carbocycles. The van der Waals surface area contributed by atoms with Gasteiger partial charge in [-0.15, -0.1) is 0 Å². The molecule has 4 aliphatic heterocycles. The van der Waals surface area contributed by atoms with Gasteiger partial charge >= 0.3 is 0 Å². The van der Waals surface area contributed by atoms with E-state index in [1.807, 2.05) is 48.5 Å². The second-order valence-electron chi connectivity index (χ2n) is 15.8. The highest BCUT2D eigenvalue weighted by Gasteiger charge is 2.46. The summed E-state index contributed by atoms with van der Waals surface area (Å²) in [7, 11) is 0. The molecule has 0 saturated carbocycles. The average molecular weight is 742 g/mol. The van der Waals surface area contributed by atoms with E-state index >= 15 is 0 Å². The van der Waals surface area contributed by atoms with Crippen molar-refractivity contribution in [3.63, 3.8) is 0 Å². The summed E-state index contributed by atoms with van der Waals surface area (Å²) < 4.78 is 0. The third-order valence-corrected chi connectivity index (χ3v) is 12.5. The minimum Gasteiger partial charge on any atom is -0.507 e. The van der Waals surface area contributed by atoms with E-state index in [1.165, 1.54) is 5.69 Å². The van der Waals surface area contributed by atoms with Crippen molar-refractivity contribution < 1.29 is 19.5 Å². The first-order valence-corrected chi connectivity index (χ1v) is 20.0. The van der Waals surface area contributed by atoms with E-state index in [-0.39, 0.29) is 29.4 Å². The van der Waals surface area contributed by atoms with E-state index in [2.05, 4.69) is 59.8 Å². The standard InChI is InChI=1S/C44H51N7O4/c52-40-9-5-4-8-38(40)39-28-36(30-46-48-39)50-26-20-44(21-27-50,33-6-2-1-3-7-33)43(55)51-24-18-34(19-25-51)45-29-31-16-22-49(23-17-31)35-12-10-32(11-13-35)37-14-15-41(53)47-42(37)54/h1-13,28,30-31,34,37,45,52H,14-27,29H2,(H,47,53,54)/t37-/m0/s1. The van der Waals surface area contributed by atoms with Crippen LogP contribution in [-0.4, -0.2) is 89.8 Å². The van der Waals surface area contributed by atoms with Crippen LogP contribution in [0.4, 0.5) is 11.4 Å². The van der Waals surface area contributed by atoms with E-state index in [1.54, 1.807) is 18.3 Å². The molecule has 0 bridgehead atoms. The number of rotatable bonds is 9. The van der Waals surface area contributed by atoms with Crippen molar-refractivity contribution >= 4 is 29.1 Å². The number of carbonyl (C=O) groups excluding carboxylic acids is 3. The van der Waals surface area contributed by atoms with Crippen LogP contribution in [0.15, 0.2) is 91.1 Å². The van der Waals surface area contributed by atoms with Crippen LogP contribution < -0.4 is 20.4 Å². The number of hydrogen-bond donors (Lipinski definition) is 3. The number of nitrogens with zero attached hydrogens (tertiary/aromatic N) is 5. The molecular weight excluding hydrogens is 691 g/mol. The smallest absolute Gasteiger partial charge is 0.234 e. The van der Waals surface area contributed by atoms with E-state index in [9.17, 15) is 19.5 Å². The molecule has 8 rings (SSSR count). The van der Waals surface area contributed by atoms with E-state index in [0.29, 0.717) is 48.9 Å². The lowest BCUT2D eigenvalue weighted by atomic mass is 9.71. The van der Waals surface area contributed by atoms with Gasteiger partial charge in [-0.1, -0.05) is 54.6 Å². The summed E-state index contributed by atoms with van der Waals surface area (Å²) >= 11 is 0. The molecular formula is C44H51N7O4. The molecule has 11 heteroatoms. The molecule has 4 fully saturated rings. The zero-order chi connectivity index (χ0) is 37.8. The van der Waals surface area contributed by atoms with Crippen LogP contribution in [0.1, 0.15) is 68.4 Å². The van der Waals surface area contributed by atoms with Crippen LogP contribution in [0.3, 0.4) is 0 Å². The third kappa shape index (κ3) is 7.94. The summed E-state index contributed by atoms with van der Waals surface area (Å²) in [5.41, 5.74) is 4.91. The van der Waals surface area contributed by atoms with E-state index in [4.69, 9.17) is 0 Å². The fraction of sp³-hybridized carbons (Fsp3) is 0.432. The lowest BCUT2D eigenvalue weighted by molar-refractivity contribution is -0.139. The van der Waals surface area contributed by atoms with Crippen molar-refractivity contribution in [2.75, 3.05) is 55.6 Å². The number of para-hydroxylation sites is 1. The largest absolute Gasteiger partial charge is 0.507 e. The van der Waals surface area contributed by atoms with Gasteiger partial charge in [0.1, 0.15) is 5.75 Å². The van der Waals surface area contributed by atoms with Crippen molar-refractivity contribution in [2.45, 2.75) is 68.7 Å². The van der Waals surface area contributed by atoms with Gasteiger partial charge < -0.3 is 25.1 Å². The molecule has 1 aromatic heterocycles. The molecule has 11 nitrogen and oxygen atoms in total. The number of aromatic hydroxyl groups is 1. The SMILES string of the molecule is O=C1CC[C@@H](c2ccc(N3CCC(CNC4CCN(C(=O)C5(c6ccccc6)CCN(c6cnnc(-c7ccccc7O)c6)CC5)CC4)CC3)cc2)C(=O)N1. The minimum atomic E-state index is -0.571.